The molecule has 2 N–H and O–H groups in total. The zero-order valence-electron chi connectivity index (χ0n) is 8.03. The fraction of sp³-hybridized carbons (Fsp3) is 0.600. The third-order valence-corrected chi connectivity index (χ3v) is 2.97. The van der Waals surface area contributed by atoms with Crippen LogP contribution in [0, 0.1) is 0 Å². The van der Waals surface area contributed by atoms with Crippen molar-refractivity contribution in [3.63, 3.8) is 0 Å². The smallest absolute Gasteiger partial charge is 0.0477 e. The second kappa shape index (κ2) is 6.13. The highest BCUT2D eigenvalue weighted by molar-refractivity contribution is 7.09. The third-order valence-electron chi connectivity index (χ3n) is 2.03. The lowest BCUT2D eigenvalue weighted by molar-refractivity contribution is 0.187. The van der Waals surface area contributed by atoms with E-state index in [1.807, 2.05) is 0 Å². The Bertz CT molecular complexity index is 211. The fourth-order valence-electron chi connectivity index (χ4n) is 1.20. The molecule has 0 aromatic carbocycles. The Balaban J connectivity index is 2.11. The molecule has 0 aliphatic heterocycles. The number of rotatable bonds is 6. The molecule has 13 heavy (non-hydrogen) atoms. The number of hydrogen-bond acceptors (Lipinski definition) is 3. The summed E-state index contributed by atoms with van der Waals surface area (Å²) >= 11 is 1.80. The van der Waals surface area contributed by atoms with Gasteiger partial charge in [0.25, 0.3) is 0 Å². The molecule has 0 spiro atoms. The van der Waals surface area contributed by atoms with Crippen LogP contribution in [0.25, 0.3) is 0 Å². The summed E-state index contributed by atoms with van der Waals surface area (Å²) in [6, 6.07) is 4.52. The molecule has 0 aliphatic carbocycles. The second-order valence-electron chi connectivity index (χ2n) is 3.16. The summed E-state index contributed by atoms with van der Waals surface area (Å²) in [7, 11) is 1.71. The number of hydrogen-bond donors (Lipinski definition) is 1. The first-order chi connectivity index (χ1) is 6.33. The van der Waals surface area contributed by atoms with Crippen LogP contribution < -0.4 is 5.73 Å². The molecule has 0 saturated carbocycles. The average molecular weight is 199 g/mol. The quantitative estimate of drug-likeness (QED) is 0.761. The van der Waals surface area contributed by atoms with Gasteiger partial charge < -0.3 is 10.5 Å². The van der Waals surface area contributed by atoms with Crippen molar-refractivity contribution in [2.24, 2.45) is 5.73 Å². The van der Waals surface area contributed by atoms with Crippen LogP contribution in [0.5, 0.6) is 0 Å². The molecule has 0 radical (unpaired) electrons. The largest absolute Gasteiger partial charge is 0.385 e. The topological polar surface area (TPSA) is 35.2 Å². The maximum absolute atomic E-state index is 5.90. The minimum absolute atomic E-state index is 0.280. The molecule has 0 aliphatic rings. The molecule has 1 aromatic heterocycles. The van der Waals surface area contributed by atoms with Crippen molar-refractivity contribution >= 4 is 11.3 Å². The maximum Gasteiger partial charge on any atom is 0.0477 e. The molecule has 0 fully saturated rings. The zero-order chi connectivity index (χ0) is 9.52. The molecule has 0 bridgehead atoms. The first-order valence-electron chi connectivity index (χ1n) is 4.60. The van der Waals surface area contributed by atoms with E-state index >= 15 is 0 Å². The predicted molar refractivity (Wildman–Crippen MR) is 57.1 cm³/mol. The zero-order valence-corrected chi connectivity index (χ0v) is 8.85. The van der Waals surface area contributed by atoms with E-state index in [0.717, 1.165) is 25.9 Å². The summed E-state index contributed by atoms with van der Waals surface area (Å²) in [5.41, 5.74) is 5.90. The molecule has 0 amide bonds. The van der Waals surface area contributed by atoms with Gasteiger partial charge in [0.1, 0.15) is 0 Å². The molecule has 1 atom stereocenters. The van der Waals surface area contributed by atoms with Gasteiger partial charge in [-0.15, -0.1) is 11.3 Å². The molecular weight excluding hydrogens is 182 g/mol. The number of nitrogens with two attached hydrogens (primary N) is 1. The molecule has 1 heterocycles. The van der Waals surface area contributed by atoms with E-state index in [4.69, 9.17) is 10.5 Å². The number of thiophene rings is 1. The summed E-state index contributed by atoms with van der Waals surface area (Å²) in [5.74, 6) is 0. The SMILES string of the molecule is COCCC(N)CCc1cccs1. The van der Waals surface area contributed by atoms with Crippen molar-refractivity contribution in [3.8, 4) is 0 Å². The van der Waals surface area contributed by atoms with Crippen molar-refractivity contribution in [2.75, 3.05) is 13.7 Å². The van der Waals surface area contributed by atoms with E-state index in [9.17, 15) is 0 Å². The normalized spacial score (nSPS) is 13.1. The van der Waals surface area contributed by atoms with Gasteiger partial charge in [0.2, 0.25) is 0 Å². The van der Waals surface area contributed by atoms with E-state index in [2.05, 4.69) is 17.5 Å². The Labute approximate surface area is 83.7 Å². The molecule has 1 unspecified atom stereocenters. The van der Waals surface area contributed by atoms with Crippen LogP contribution >= 0.6 is 11.3 Å². The van der Waals surface area contributed by atoms with Crippen molar-refractivity contribution in [2.45, 2.75) is 25.3 Å². The van der Waals surface area contributed by atoms with Crippen molar-refractivity contribution < 1.29 is 4.74 Å². The Hall–Kier alpha value is -0.380. The molecular formula is C10H17NOS. The molecule has 74 valence electrons. The molecule has 1 aromatic rings. The van der Waals surface area contributed by atoms with Gasteiger partial charge in [0, 0.05) is 24.6 Å². The van der Waals surface area contributed by atoms with Crippen LogP contribution in [0.3, 0.4) is 0 Å². The lowest BCUT2D eigenvalue weighted by Crippen LogP contribution is -2.22. The minimum Gasteiger partial charge on any atom is -0.385 e. The van der Waals surface area contributed by atoms with E-state index in [1.165, 1.54) is 4.88 Å². The van der Waals surface area contributed by atoms with Crippen molar-refractivity contribution in [1.82, 2.24) is 0 Å². The Morgan fingerprint density at radius 2 is 2.38 bits per heavy atom. The summed E-state index contributed by atoms with van der Waals surface area (Å²) in [6.45, 7) is 0.769. The molecule has 0 saturated heterocycles. The van der Waals surface area contributed by atoms with Crippen LogP contribution in [0.4, 0.5) is 0 Å². The number of aryl methyl sites for hydroxylation is 1. The van der Waals surface area contributed by atoms with Crippen LogP contribution in [0.2, 0.25) is 0 Å². The minimum atomic E-state index is 0.280. The second-order valence-corrected chi connectivity index (χ2v) is 4.19. The fourth-order valence-corrected chi connectivity index (χ4v) is 1.92. The van der Waals surface area contributed by atoms with Crippen LogP contribution in [-0.2, 0) is 11.2 Å². The molecule has 1 rings (SSSR count). The Morgan fingerprint density at radius 1 is 1.54 bits per heavy atom. The van der Waals surface area contributed by atoms with Crippen LogP contribution in [-0.4, -0.2) is 19.8 Å². The number of methoxy groups -OCH3 is 1. The van der Waals surface area contributed by atoms with Crippen molar-refractivity contribution in [1.29, 1.82) is 0 Å². The average Bonchev–Trinajstić information content (AvgIpc) is 2.64. The van der Waals surface area contributed by atoms with E-state index < -0.39 is 0 Å². The van der Waals surface area contributed by atoms with Gasteiger partial charge in [-0.25, -0.2) is 0 Å². The summed E-state index contributed by atoms with van der Waals surface area (Å²) in [4.78, 5) is 1.42. The van der Waals surface area contributed by atoms with Crippen LogP contribution in [0.1, 0.15) is 17.7 Å². The van der Waals surface area contributed by atoms with Gasteiger partial charge in [-0.05, 0) is 30.7 Å². The first-order valence-corrected chi connectivity index (χ1v) is 5.48. The highest BCUT2D eigenvalue weighted by Gasteiger charge is 2.02. The molecule has 2 nitrogen and oxygen atoms in total. The molecule has 3 heteroatoms. The monoisotopic (exact) mass is 199 g/mol. The van der Waals surface area contributed by atoms with Gasteiger partial charge >= 0.3 is 0 Å². The summed E-state index contributed by atoms with van der Waals surface area (Å²) in [5, 5.41) is 2.11. The lowest BCUT2D eigenvalue weighted by Gasteiger charge is -2.09. The van der Waals surface area contributed by atoms with Crippen molar-refractivity contribution in [3.05, 3.63) is 22.4 Å². The highest BCUT2D eigenvalue weighted by atomic mass is 32.1. The third kappa shape index (κ3) is 4.41. The summed E-state index contributed by atoms with van der Waals surface area (Å²) < 4.78 is 4.97. The first kappa shape index (κ1) is 10.7. The van der Waals surface area contributed by atoms with Crippen LogP contribution in [0.15, 0.2) is 17.5 Å². The highest BCUT2D eigenvalue weighted by Crippen LogP contribution is 2.12. The Morgan fingerprint density at radius 3 is 3.00 bits per heavy atom. The number of ether oxygens (including phenoxy) is 1. The van der Waals surface area contributed by atoms with Gasteiger partial charge in [-0.3, -0.25) is 0 Å². The van der Waals surface area contributed by atoms with E-state index in [1.54, 1.807) is 18.4 Å². The summed E-state index contributed by atoms with van der Waals surface area (Å²) in [6.07, 6.45) is 3.12. The lowest BCUT2D eigenvalue weighted by atomic mass is 10.1. The van der Waals surface area contributed by atoms with E-state index in [0.29, 0.717) is 0 Å². The standard InChI is InChI=1S/C10H17NOS/c1-12-7-6-9(11)4-5-10-3-2-8-13-10/h2-3,8-9H,4-7,11H2,1H3. The van der Waals surface area contributed by atoms with Gasteiger partial charge in [0.05, 0.1) is 0 Å². The predicted octanol–water partition coefficient (Wildman–Crippen LogP) is 2.04. The Kier molecular flexibility index (Phi) is 5.05. The maximum atomic E-state index is 5.90. The van der Waals surface area contributed by atoms with Gasteiger partial charge in [0.15, 0.2) is 0 Å². The van der Waals surface area contributed by atoms with Gasteiger partial charge in [-0.1, -0.05) is 6.07 Å². The van der Waals surface area contributed by atoms with E-state index in [-0.39, 0.29) is 6.04 Å². The van der Waals surface area contributed by atoms with Gasteiger partial charge in [-0.2, -0.15) is 0 Å².